The third-order valence-electron chi connectivity index (χ3n) is 13.6. The Balaban J connectivity index is 1.05. The van der Waals surface area contributed by atoms with Crippen LogP contribution < -0.4 is 10.4 Å². The molecule has 65 heavy (non-hydrogen) atoms. The van der Waals surface area contributed by atoms with Crippen LogP contribution in [-0.2, 0) is 0 Å². The van der Waals surface area contributed by atoms with E-state index in [1.807, 2.05) is 0 Å². The molecule has 12 aromatic rings. The van der Waals surface area contributed by atoms with Gasteiger partial charge in [0.15, 0.2) is 0 Å². The van der Waals surface area contributed by atoms with E-state index in [9.17, 15) is 0 Å². The molecule has 0 bridgehead atoms. The monoisotopic (exact) mass is 826 g/mol. The van der Waals surface area contributed by atoms with Crippen molar-refractivity contribution in [1.82, 2.24) is 0 Å². The predicted molar refractivity (Wildman–Crippen MR) is 283 cm³/mol. The molecule has 0 saturated carbocycles. The Hall–Kier alpha value is -8.06. The van der Waals surface area contributed by atoms with Crippen LogP contribution in [-0.4, -0.2) is 0 Å². The van der Waals surface area contributed by atoms with Crippen molar-refractivity contribution in [1.29, 1.82) is 0 Å². The lowest BCUT2D eigenvalue weighted by molar-refractivity contribution is 1.28. The normalized spacial score (nSPS) is 12.4. The second-order valence-electron chi connectivity index (χ2n) is 17.3. The number of rotatable bonds is 6. The van der Waals surface area contributed by atoms with Crippen molar-refractivity contribution in [3.05, 3.63) is 229 Å². The molecule has 0 aliphatic carbocycles. The summed E-state index contributed by atoms with van der Waals surface area (Å²) < 4.78 is 0. The van der Waals surface area contributed by atoms with Gasteiger partial charge in [-0.3, -0.25) is 0 Å². The molecule has 0 nitrogen and oxygen atoms in total. The molecule has 0 heteroatoms. The van der Waals surface area contributed by atoms with Crippen molar-refractivity contribution < 1.29 is 0 Å². The Labute approximate surface area is 379 Å². The van der Waals surface area contributed by atoms with Crippen LogP contribution in [0.15, 0.2) is 218 Å². The summed E-state index contributed by atoms with van der Waals surface area (Å²) in [4.78, 5) is 0. The molecule has 306 valence electrons. The molecule has 0 saturated heterocycles. The Morgan fingerprint density at radius 1 is 0.277 bits per heavy atom. The Kier molecular flexibility index (Phi) is 9.46. The summed E-state index contributed by atoms with van der Waals surface area (Å²) >= 11 is 0. The van der Waals surface area contributed by atoms with E-state index in [1.165, 1.54) is 131 Å². The van der Waals surface area contributed by atoms with E-state index in [4.69, 9.17) is 0 Å². The minimum Gasteiger partial charge on any atom is -0.0798 e. The Bertz CT molecular complexity index is 3920. The van der Waals surface area contributed by atoms with Gasteiger partial charge in [0.05, 0.1) is 0 Å². The maximum Gasteiger partial charge on any atom is -0.00259 e. The smallest absolute Gasteiger partial charge is 0.00259 e. The lowest BCUT2D eigenvalue weighted by atomic mass is 9.84. The average Bonchev–Trinajstić information content (AvgIpc) is 3.37. The van der Waals surface area contributed by atoms with Gasteiger partial charge >= 0.3 is 0 Å². The van der Waals surface area contributed by atoms with Gasteiger partial charge in [-0.05, 0) is 168 Å². The first-order valence-electron chi connectivity index (χ1n) is 22.9. The molecule has 0 amide bonds. The number of hydrogen-bond donors (Lipinski definition) is 0. The minimum absolute atomic E-state index is 0.995. The van der Waals surface area contributed by atoms with Gasteiger partial charge in [0.2, 0.25) is 0 Å². The van der Waals surface area contributed by atoms with Gasteiger partial charge in [0.1, 0.15) is 0 Å². The molecular weight excluding hydrogens is 781 g/mol. The van der Waals surface area contributed by atoms with Gasteiger partial charge in [0.25, 0.3) is 0 Å². The summed E-state index contributed by atoms with van der Waals surface area (Å²) in [6.45, 7) is 4.34. The SMILES string of the molecule is C/C=c1/ccc(-c2c3ccccc3c(-c3ccc(-c4ccc5c(-c6ccc7ccccc7c6)c6ccccc6c(-c6ccc7ccccc7c6)c5c4)cc3)c3ccccc23)c/c1=C/CC. The second kappa shape index (κ2) is 15.9. The van der Waals surface area contributed by atoms with E-state index in [2.05, 4.69) is 244 Å². The highest BCUT2D eigenvalue weighted by atomic mass is 14.2. The third-order valence-corrected chi connectivity index (χ3v) is 13.6. The zero-order valence-corrected chi connectivity index (χ0v) is 36.6. The van der Waals surface area contributed by atoms with Gasteiger partial charge in [0, 0.05) is 0 Å². The molecule has 12 aromatic carbocycles. The van der Waals surface area contributed by atoms with Crippen LogP contribution in [0.25, 0.3) is 132 Å². The summed E-state index contributed by atoms with van der Waals surface area (Å²) in [7, 11) is 0. The van der Waals surface area contributed by atoms with Crippen molar-refractivity contribution in [2.24, 2.45) is 0 Å². The first kappa shape index (κ1) is 38.6. The summed E-state index contributed by atoms with van der Waals surface area (Å²) in [5.41, 5.74) is 12.4. The van der Waals surface area contributed by atoms with Gasteiger partial charge in [-0.1, -0.05) is 213 Å². The fourth-order valence-corrected chi connectivity index (χ4v) is 10.6. The molecule has 0 unspecified atom stereocenters. The molecule has 12 rings (SSSR count). The number of hydrogen-bond acceptors (Lipinski definition) is 0. The zero-order chi connectivity index (χ0) is 43.4. The third kappa shape index (κ3) is 6.52. The van der Waals surface area contributed by atoms with Crippen molar-refractivity contribution >= 4 is 76.8 Å². The van der Waals surface area contributed by atoms with Crippen molar-refractivity contribution in [3.8, 4) is 55.6 Å². The van der Waals surface area contributed by atoms with E-state index < -0.39 is 0 Å². The lowest BCUT2D eigenvalue weighted by Crippen LogP contribution is -2.23. The van der Waals surface area contributed by atoms with Gasteiger partial charge in [-0.25, -0.2) is 0 Å². The highest BCUT2D eigenvalue weighted by molar-refractivity contribution is 6.23. The van der Waals surface area contributed by atoms with E-state index in [-0.39, 0.29) is 0 Å². The zero-order valence-electron chi connectivity index (χ0n) is 36.6. The largest absolute Gasteiger partial charge is 0.0798 e. The first-order chi connectivity index (χ1) is 32.1. The van der Waals surface area contributed by atoms with Crippen LogP contribution in [0, 0.1) is 0 Å². The molecule has 0 fully saturated rings. The van der Waals surface area contributed by atoms with E-state index in [0.717, 1.165) is 6.42 Å². The lowest BCUT2D eigenvalue weighted by Gasteiger charge is -2.19. The molecule has 0 N–H and O–H groups in total. The van der Waals surface area contributed by atoms with Crippen molar-refractivity contribution in [3.63, 3.8) is 0 Å². The molecular formula is C65H46. The van der Waals surface area contributed by atoms with E-state index in [0.29, 0.717) is 0 Å². The standard InChI is InChI=1S/C65H46/c1-3-15-47-38-51(33-26-42(47)4-2)63-56-22-11-9-20-54(56)62(55-21-10-12-23-57(55)63)46-31-27-45(28-32-46)50-36-37-60-61(41-50)65(53-35-30-44-17-6-8-19-49(44)40-53)59-25-14-13-24-58(59)64(60)52-34-29-43-16-5-7-18-48(43)39-52/h4-41H,3H2,1-2H3/b42-4-,47-15-. The predicted octanol–water partition coefficient (Wildman–Crippen LogP) is 16.9. The molecule has 0 aromatic heterocycles. The van der Waals surface area contributed by atoms with E-state index in [1.54, 1.807) is 0 Å². The van der Waals surface area contributed by atoms with Crippen LogP contribution in [0.3, 0.4) is 0 Å². The van der Waals surface area contributed by atoms with Crippen molar-refractivity contribution in [2.45, 2.75) is 20.3 Å². The van der Waals surface area contributed by atoms with Crippen molar-refractivity contribution in [2.75, 3.05) is 0 Å². The van der Waals surface area contributed by atoms with Crippen LogP contribution in [0.1, 0.15) is 20.3 Å². The number of fused-ring (bicyclic) bond motifs is 6. The summed E-state index contributed by atoms with van der Waals surface area (Å²) in [5.74, 6) is 0. The van der Waals surface area contributed by atoms with Crippen LogP contribution in [0.4, 0.5) is 0 Å². The molecule has 0 aliphatic heterocycles. The van der Waals surface area contributed by atoms with Crippen LogP contribution in [0.5, 0.6) is 0 Å². The van der Waals surface area contributed by atoms with Crippen LogP contribution >= 0.6 is 0 Å². The Morgan fingerprint density at radius 3 is 1.14 bits per heavy atom. The van der Waals surface area contributed by atoms with Gasteiger partial charge in [-0.15, -0.1) is 0 Å². The fourth-order valence-electron chi connectivity index (χ4n) is 10.6. The first-order valence-corrected chi connectivity index (χ1v) is 22.9. The highest BCUT2D eigenvalue weighted by Crippen LogP contribution is 2.47. The van der Waals surface area contributed by atoms with Gasteiger partial charge < -0.3 is 0 Å². The quantitative estimate of drug-likeness (QED) is 0.147. The summed E-state index contributed by atoms with van der Waals surface area (Å²) in [5, 5.41) is 17.6. The van der Waals surface area contributed by atoms with Crippen LogP contribution in [0.2, 0.25) is 0 Å². The second-order valence-corrected chi connectivity index (χ2v) is 17.3. The maximum atomic E-state index is 2.44. The van der Waals surface area contributed by atoms with E-state index >= 15 is 0 Å². The summed E-state index contributed by atoms with van der Waals surface area (Å²) in [6, 6.07) is 81.6. The fraction of sp³-hybridized carbons (Fsp3) is 0.0462. The maximum absolute atomic E-state index is 2.44. The van der Waals surface area contributed by atoms with Gasteiger partial charge in [-0.2, -0.15) is 0 Å². The Morgan fingerprint density at radius 2 is 0.646 bits per heavy atom. The molecule has 0 spiro atoms. The summed E-state index contributed by atoms with van der Waals surface area (Å²) in [6.07, 6.45) is 5.54. The average molecular weight is 827 g/mol. The highest BCUT2D eigenvalue weighted by Gasteiger charge is 2.20. The molecule has 0 atom stereocenters. The molecule has 0 heterocycles. The number of benzene rings is 12. The minimum atomic E-state index is 0.995. The molecule has 0 radical (unpaired) electrons. The topological polar surface area (TPSA) is 0 Å². The molecule has 0 aliphatic rings.